The van der Waals surface area contributed by atoms with Gasteiger partial charge >= 0.3 is 6.03 Å². The zero-order valence-electron chi connectivity index (χ0n) is 15.6. The van der Waals surface area contributed by atoms with Gasteiger partial charge in [-0.15, -0.1) is 11.3 Å². The molecule has 0 atom stereocenters. The Morgan fingerprint density at radius 2 is 2.12 bits per heavy atom. The molecule has 0 radical (unpaired) electrons. The van der Waals surface area contributed by atoms with Crippen molar-refractivity contribution < 1.29 is 9.53 Å². The predicted molar refractivity (Wildman–Crippen MR) is 102 cm³/mol. The van der Waals surface area contributed by atoms with Crippen LogP contribution in [0.2, 0.25) is 0 Å². The van der Waals surface area contributed by atoms with Crippen LogP contribution in [0.5, 0.6) is 5.75 Å². The minimum Gasteiger partial charge on any atom is -0.497 e. The lowest BCUT2D eigenvalue weighted by Gasteiger charge is -2.18. The van der Waals surface area contributed by atoms with Crippen molar-refractivity contribution in [3.63, 3.8) is 0 Å². The van der Waals surface area contributed by atoms with Crippen molar-refractivity contribution in [3.8, 4) is 5.75 Å². The van der Waals surface area contributed by atoms with Crippen LogP contribution in [0, 0.1) is 0 Å². The summed E-state index contributed by atoms with van der Waals surface area (Å²) in [6.45, 7) is 7.58. The molecule has 1 heterocycles. The van der Waals surface area contributed by atoms with Crippen molar-refractivity contribution in [1.82, 2.24) is 15.2 Å². The summed E-state index contributed by atoms with van der Waals surface area (Å²) in [5, 5.41) is 6.11. The fourth-order valence-corrected chi connectivity index (χ4v) is 3.32. The van der Waals surface area contributed by atoms with E-state index in [2.05, 4.69) is 36.5 Å². The summed E-state index contributed by atoms with van der Waals surface area (Å²) in [5.41, 5.74) is 2.20. The molecule has 1 aromatic heterocycles. The Hall–Kier alpha value is -2.08. The van der Waals surface area contributed by atoms with Crippen molar-refractivity contribution in [2.45, 2.75) is 39.2 Å². The van der Waals surface area contributed by atoms with Gasteiger partial charge in [-0.2, -0.15) is 0 Å². The molecule has 1 N–H and O–H groups in total. The average Bonchev–Trinajstić information content (AvgIpc) is 3.04. The topological polar surface area (TPSA) is 54.5 Å². The second kappa shape index (κ2) is 8.34. The van der Waals surface area contributed by atoms with E-state index in [-0.39, 0.29) is 11.4 Å². The molecular formula is C19H27N3O2S. The number of methoxy groups -OCH3 is 1. The third-order valence-electron chi connectivity index (χ3n) is 3.84. The van der Waals surface area contributed by atoms with Gasteiger partial charge in [0.05, 0.1) is 17.8 Å². The quantitative estimate of drug-likeness (QED) is 0.851. The van der Waals surface area contributed by atoms with E-state index in [1.54, 1.807) is 30.4 Å². The third-order valence-corrected chi connectivity index (χ3v) is 4.74. The van der Waals surface area contributed by atoms with E-state index in [1.807, 2.05) is 24.3 Å². The molecule has 6 heteroatoms. The summed E-state index contributed by atoms with van der Waals surface area (Å²) in [5.74, 6) is 0.796. The molecule has 136 valence electrons. The van der Waals surface area contributed by atoms with Crippen LogP contribution < -0.4 is 10.1 Å². The first kappa shape index (κ1) is 19.2. The van der Waals surface area contributed by atoms with Crippen LogP contribution in [0.4, 0.5) is 4.79 Å². The molecule has 0 unspecified atom stereocenters. The number of thiazole rings is 1. The number of hydrogen-bond acceptors (Lipinski definition) is 4. The number of carbonyl (C=O) groups is 1. The molecule has 0 fully saturated rings. The van der Waals surface area contributed by atoms with Gasteiger partial charge in [0.1, 0.15) is 5.75 Å². The van der Waals surface area contributed by atoms with Crippen molar-refractivity contribution in [2.24, 2.45) is 0 Å². The van der Waals surface area contributed by atoms with Crippen LogP contribution in [0.25, 0.3) is 0 Å². The van der Waals surface area contributed by atoms with Crippen LogP contribution in [0.1, 0.15) is 37.0 Å². The van der Waals surface area contributed by atoms with Gasteiger partial charge in [0.2, 0.25) is 0 Å². The number of ether oxygens (including phenoxy) is 1. The summed E-state index contributed by atoms with van der Waals surface area (Å²) in [7, 11) is 3.43. The third kappa shape index (κ3) is 5.74. The largest absolute Gasteiger partial charge is 0.497 e. The highest BCUT2D eigenvalue weighted by Crippen LogP contribution is 2.23. The highest BCUT2D eigenvalue weighted by atomic mass is 32.1. The lowest BCUT2D eigenvalue weighted by Crippen LogP contribution is -2.37. The van der Waals surface area contributed by atoms with Crippen LogP contribution in [-0.4, -0.2) is 36.6 Å². The van der Waals surface area contributed by atoms with Crippen molar-refractivity contribution in [1.29, 1.82) is 0 Å². The zero-order valence-corrected chi connectivity index (χ0v) is 16.4. The van der Waals surface area contributed by atoms with E-state index in [1.165, 1.54) is 0 Å². The summed E-state index contributed by atoms with van der Waals surface area (Å²) in [4.78, 5) is 18.5. The van der Waals surface area contributed by atoms with E-state index < -0.39 is 0 Å². The van der Waals surface area contributed by atoms with Gasteiger partial charge in [0, 0.05) is 37.4 Å². The highest BCUT2D eigenvalue weighted by molar-refractivity contribution is 7.09. The van der Waals surface area contributed by atoms with Crippen molar-refractivity contribution in [2.75, 3.05) is 20.7 Å². The average molecular weight is 362 g/mol. The number of rotatable bonds is 6. The maximum absolute atomic E-state index is 12.2. The Labute approximate surface area is 154 Å². The van der Waals surface area contributed by atoms with Gasteiger partial charge in [-0.1, -0.05) is 32.9 Å². The fraction of sp³-hybridized carbons (Fsp3) is 0.474. The highest BCUT2D eigenvalue weighted by Gasteiger charge is 2.17. The molecule has 2 rings (SSSR count). The Kier molecular flexibility index (Phi) is 6.42. The minimum absolute atomic E-state index is 0.0644. The Bertz CT molecular complexity index is 707. The van der Waals surface area contributed by atoms with Gasteiger partial charge in [-0.25, -0.2) is 9.78 Å². The summed E-state index contributed by atoms with van der Waals surface area (Å²) in [6.07, 6.45) is 0.749. The summed E-state index contributed by atoms with van der Waals surface area (Å²) < 4.78 is 5.21. The van der Waals surface area contributed by atoms with Gasteiger partial charge in [-0.05, 0) is 17.7 Å². The van der Waals surface area contributed by atoms with Gasteiger partial charge < -0.3 is 15.0 Å². The minimum atomic E-state index is -0.0876. The number of carbonyl (C=O) groups excluding carboxylic acids is 1. The second-order valence-corrected chi connectivity index (χ2v) is 8.01. The Balaban J connectivity index is 1.80. The number of amides is 2. The first-order chi connectivity index (χ1) is 11.8. The van der Waals surface area contributed by atoms with Crippen molar-refractivity contribution >= 4 is 17.4 Å². The van der Waals surface area contributed by atoms with Crippen molar-refractivity contribution in [3.05, 3.63) is 45.9 Å². The molecule has 0 spiro atoms. The molecule has 0 aliphatic carbocycles. The van der Waals surface area contributed by atoms with E-state index in [9.17, 15) is 4.79 Å². The molecule has 0 saturated carbocycles. The van der Waals surface area contributed by atoms with Gasteiger partial charge in [0.25, 0.3) is 0 Å². The zero-order chi connectivity index (χ0) is 18.4. The molecular weight excluding hydrogens is 334 g/mol. The van der Waals surface area contributed by atoms with E-state index in [4.69, 9.17) is 4.74 Å². The molecule has 5 nitrogen and oxygen atoms in total. The Morgan fingerprint density at radius 1 is 1.36 bits per heavy atom. The molecule has 2 aromatic rings. The second-order valence-electron chi connectivity index (χ2n) is 7.07. The molecule has 0 aliphatic rings. The van der Waals surface area contributed by atoms with Gasteiger partial charge in [0.15, 0.2) is 0 Å². The molecule has 25 heavy (non-hydrogen) atoms. The SMILES string of the molecule is COc1cccc(CN(C)C(=O)NCCc2nc(C(C)(C)C)cs2)c1. The molecule has 1 aromatic carbocycles. The number of nitrogens with zero attached hydrogens (tertiary/aromatic N) is 2. The summed E-state index contributed by atoms with van der Waals surface area (Å²) >= 11 is 1.65. The number of benzene rings is 1. The lowest BCUT2D eigenvalue weighted by molar-refractivity contribution is 0.207. The van der Waals surface area contributed by atoms with Crippen LogP contribution in [-0.2, 0) is 18.4 Å². The van der Waals surface area contributed by atoms with E-state index >= 15 is 0 Å². The smallest absolute Gasteiger partial charge is 0.317 e. The normalized spacial score (nSPS) is 11.2. The fourth-order valence-electron chi connectivity index (χ4n) is 2.30. The predicted octanol–water partition coefficient (Wildman–Crippen LogP) is 3.83. The summed E-state index contributed by atoms with van der Waals surface area (Å²) in [6, 6.07) is 7.65. The maximum atomic E-state index is 12.2. The number of nitrogens with one attached hydrogen (secondary N) is 1. The number of aromatic nitrogens is 1. The first-order valence-electron chi connectivity index (χ1n) is 8.36. The lowest BCUT2D eigenvalue weighted by atomic mass is 9.93. The monoisotopic (exact) mass is 361 g/mol. The van der Waals surface area contributed by atoms with Gasteiger partial charge in [-0.3, -0.25) is 0 Å². The Morgan fingerprint density at radius 3 is 2.76 bits per heavy atom. The van der Waals surface area contributed by atoms with Crippen LogP contribution in [0.15, 0.2) is 29.6 Å². The molecule has 0 saturated heterocycles. The van der Waals surface area contributed by atoms with Crippen LogP contribution in [0.3, 0.4) is 0 Å². The molecule has 2 amide bonds. The number of urea groups is 1. The van der Waals surface area contributed by atoms with E-state index in [0.717, 1.165) is 28.4 Å². The molecule has 0 bridgehead atoms. The maximum Gasteiger partial charge on any atom is 0.317 e. The first-order valence-corrected chi connectivity index (χ1v) is 9.24. The van der Waals surface area contributed by atoms with E-state index in [0.29, 0.717) is 13.1 Å². The molecule has 0 aliphatic heterocycles. The standard InChI is InChI=1S/C19H27N3O2S/c1-19(2,3)16-13-25-17(21-16)9-10-20-18(23)22(4)12-14-7-6-8-15(11-14)24-5/h6-8,11,13H,9-10,12H2,1-5H3,(H,20,23). The van der Waals surface area contributed by atoms with Crippen LogP contribution >= 0.6 is 11.3 Å². The number of hydrogen-bond donors (Lipinski definition) is 1.